The molecule has 1 unspecified atom stereocenters. The van der Waals surface area contributed by atoms with Crippen LogP contribution in [0.1, 0.15) is 19.8 Å². The van der Waals surface area contributed by atoms with Crippen molar-refractivity contribution in [1.82, 2.24) is 9.44 Å². The van der Waals surface area contributed by atoms with Gasteiger partial charge in [0.2, 0.25) is 0 Å². The first-order valence-electron chi connectivity index (χ1n) is 5.39. The molecule has 0 aromatic rings. The predicted molar refractivity (Wildman–Crippen MR) is 62.8 cm³/mol. The standard InChI is InChI=1S/C9H20N2O5S/c1-3-4-8(9(12)13)7-11-17(14,15)10-5-6-16-2/h8,10-11H,3-7H2,1-2H3,(H,12,13). The first kappa shape index (κ1) is 16.3. The van der Waals surface area contributed by atoms with Crippen LogP contribution in [-0.4, -0.2) is 46.3 Å². The van der Waals surface area contributed by atoms with Gasteiger partial charge in [-0.25, -0.2) is 4.72 Å². The quantitative estimate of drug-likeness (QED) is 0.466. The van der Waals surface area contributed by atoms with Crippen molar-refractivity contribution in [3.63, 3.8) is 0 Å². The fourth-order valence-electron chi connectivity index (χ4n) is 1.20. The Morgan fingerprint density at radius 2 is 2.06 bits per heavy atom. The molecular weight excluding hydrogens is 248 g/mol. The SMILES string of the molecule is CCCC(CNS(=O)(=O)NCCOC)C(=O)O. The monoisotopic (exact) mass is 268 g/mol. The number of methoxy groups -OCH3 is 1. The zero-order valence-corrected chi connectivity index (χ0v) is 10.9. The predicted octanol–water partition coefficient (Wildman–Crippen LogP) is -0.442. The molecule has 3 N–H and O–H groups in total. The van der Waals surface area contributed by atoms with Gasteiger partial charge in [-0.3, -0.25) is 4.79 Å². The summed E-state index contributed by atoms with van der Waals surface area (Å²) in [5.74, 6) is -1.69. The van der Waals surface area contributed by atoms with E-state index in [0.29, 0.717) is 12.8 Å². The Balaban J connectivity index is 4.09. The third kappa shape index (κ3) is 8.08. The van der Waals surface area contributed by atoms with Gasteiger partial charge in [-0.05, 0) is 6.42 Å². The fourth-order valence-corrected chi connectivity index (χ4v) is 2.08. The highest BCUT2D eigenvalue weighted by Gasteiger charge is 2.19. The van der Waals surface area contributed by atoms with Crippen LogP contribution in [0.15, 0.2) is 0 Å². The zero-order valence-electron chi connectivity index (χ0n) is 10.1. The van der Waals surface area contributed by atoms with Gasteiger partial charge < -0.3 is 9.84 Å². The Morgan fingerprint density at radius 3 is 2.53 bits per heavy atom. The third-order valence-electron chi connectivity index (χ3n) is 2.10. The summed E-state index contributed by atoms with van der Waals surface area (Å²) in [4.78, 5) is 10.8. The Morgan fingerprint density at radius 1 is 1.41 bits per heavy atom. The van der Waals surface area contributed by atoms with Crippen LogP contribution in [-0.2, 0) is 19.7 Å². The van der Waals surface area contributed by atoms with Crippen LogP contribution >= 0.6 is 0 Å². The van der Waals surface area contributed by atoms with Gasteiger partial charge in [-0.15, -0.1) is 0 Å². The number of carboxylic acid groups (broad SMARTS) is 1. The first-order valence-corrected chi connectivity index (χ1v) is 6.87. The average molecular weight is 268 g/mol. The highest BCUT2D eigenvalue weighted by atomic mass is 32.2. The van der Waals surface area contributed by atoms with E-state index in [9.17, 15) is 13.2 Å². The number of carboxylic acids is 1. The summed E-state index contributed by atoms with van der Waals surface area (Å²) in [6.07, 6.45) is 1.13. The number of aliphatic carboxylic acids is 1. The second-order valence-electron chi connectivity index (χ2n) is 3.56. The molecule has 7 nitrogen and oxygen atoms in total. The largest absolute Gasteiger partial charge is 0.481 e. The Kier molecular flexibility index (Phi) is 8.05. The molecule has 0 rings (SSSR count). The molecule has 1 atom stereocenters. The van der Waals surface area contributed by atoms with Crippen molar-refractivity contribution in [1.29, 1.82) is 0 Å². The molecule has 0 amide bonds. The van der Waals surface area contributed by atoms with Gasteiger partial charge in [0.15, 0.2) is 0 Å². The lowest BCUT2D eigenvalue weighted by molar-refractivity contribution is -0.141. The number of hydrogen-bond donors (Lipinski definition) is 3. The minimum Gasteiger partial charge on any atom is -0.481 e. The van der Waals surface area contributed by atoms with E-state index < -0.39 is 22.1 Å². The number of hydrogen-bond acceptors (Lipinski definition) is 4. The van der Waals surface area contributed by atoms with Crippen molar-refractivity contribution in [2.75, 3.05) is 26.8 Å². The van der Waals surface area contributed by atoms with Gasteiger partial charge in [0.1, 0.15) is 0 Å². The second kappa shape index (κ2) is 8.40. The van der Waals surface area contributed by atoms with E-state index in [0.717, 1.165) is 0 Å². The lowest BCUT2D eigenvalue weighted by atomic mass is 10.1. The molecule has 102 valence electrons. The number of ether oxygens (including phenoxy) is 1. The van der Waals surface area contributed by atoms with Crippen LogP contribution in [0.5, 0.6) is 0 Å². The molecule has 0 aliphatic rings. The summed E-state index contributed by atoms with van der Waals surface area (Å²) in [7, 11) is -2.18. The van der Waals surface area contributed by atoms with E-state index in [1.165, 1.54) is 7.11 Å². The van der Waals surface area contributed by atoms with Crippen molar-refractivity contribution < 1.29 is 23.1 Å². The lowest BCUT2D eigenvalue weighted by Gasteiger charge is -2.13. The summed E-state index contributed by atoms with van der Waals surface area (Å²) in [5.41, 5.74) is 0. The molecule has 0 aromatic heterocycles. The molecule has 0 spiro atoms. The number of carbonyl (C=O) groups is 1. The van der Waals surface area contributed by atoms with E-state index >= 15 is 0 Å². The summed E-state index contributed by atoms with van der Waals surface area (Å²) < 4.78 is 31.9. The van der Waals surface area contributed by atoms with Crippen molar-refractivity contribution in [2.45, 2.75) is 19.8 Å². The van der Waals surface area contributed by atoms with Gasteiger partial charge in [0.05, 0.1) is 12.5 Å². The number of nitrogens with one attached hydrogen (secondary N) is 2. The van der Waals surface area contributed by atoms with Gasteiger partial charge in [0, 0.05) is 20.2 Å². The van der Waals surface area contributed by atoms with Crippen molar-refractivity contribution in [2.24, 2.45) is 5.92 Å². The van der Waals surface area contributed by atoms with Gasteiger partial charge >= 0.3 is 5.97 Å². The molecule has 0 bridgehead atoms. The van der Waals surface area contributed by atoms with Crippen molar-refractivity contribution in [3.8, 4) is 0 Å². The summed E-state index contributed by atoms with van der Waals surface area (Å²) in [5, 5.41) is 8.84. The zero-order chi connectivity index (χ0) is 13.3. The Bertz CT molecular complexity index is 317. The normalized spacial score (nSPS) is 13.5. The molecule has 0 saturated heterocycles. The number of rotatable bonds is 10. The second-order valence-corrected chi connectivity index (χ2v) is 5.15. The summed E-state index contributed by atoms with van der Waals surface area (Å²) in [6.45, 7) is 2.16. The average Bonchev–Trinajstić information content (AvgIpc) is 2.24. The molecule has 0 aromatic carbocycles. The molecule has 17 heavy (non-hydrogen) atoms. The maximum absolute atomic E-state index is 11.4. The Hall–Kier alpha value is -0.700. The van der Waals surface area contributed by atoms with E-state index in [4.69, 9.17) is 9.84 Å². The summed E-state index contributed by atoms with van der Waals surface area (Å²) in [6, 6.07) is 0. The molecule has 0 aliphatic carbocycles. The van der Waals surface area contributed by atoms with Crippen LogP contribution in [0.4, 0.5) is 0 Å². The topological polar surface area (TPSA) is 105 Å². The minimum absolute atomic E-state index is 0.106. The fraction of sp³-hybridized carbons (Fsp3) is 0.889. The minimum atomic E-state index is -3.64. The lowest BCUT2D eigenvalue weighted by Crippen LogP contribution is -2.41. The smallest absolute Gasteiger partial charge is 0.307 e. The van der Waals surface area contributed by atoms with Crippen LogP contribution < -0.4 is 9.44 Å². The molecule has 8 heteroatoms. The first-order chi connectivity index (χ1) is 7.93. The highest BCUT2D eigenvalue weighted by Crippen LogP contribution is 2.05. The molecule has 0 aliphatic heterocycles. The molecular formula is C9H20N2O5S. The van der Waals surface area contributed by atoms with Crippen LogP contribution in [0.3, 0.4) is 0 Å². The Labute approximate surface area is 102 Å². The van der Waals surface area contributed by atoms with Gasteiger partial charge in [-0.2, -0.15) is 13.1 Å². The summed E-state index contributed by atoms with van der Waals surface area (Å²) >= 11 is 0. The van der Waals surface area contributed by atoms with Crippen LogP contribution in [0.2, 0.25) is 0 Å². The van der Waals surface area contributed by atoms with E-state index in [1.807, 2.05) is 6.92 Å². The van der Waals surface area contributed by atoms with Crippen LogP contribution in [0.25, 0.3) is 0 Å². The maximum Gasteiger partial charge on any atom is 0.307 e. The van der Waals surface area contributed by atoms with E-state index in [1.54, 1.807) is 0 Å². The highest BCUT2D eigenvalue weighted by molar-refractivity contribution is 7.87. The van der Waals surface area contributed by atoms with Crippen molar-refractivity contribution in [3.05, 3.63) is 0 Å². The third-order valence-corrected chi connectivity index (χ3v) is 3.24. The molecule has 0 radical (unpaired) electrons. The molecule has 0 fully saturated rings. The van der Waals surface area contributed by atoms with E-state index in [2.05, 4.69) is 9.44 Å². The van der Waals surface area contributed by atoms with Crippen molar-refractivity contribution >= 4 is 16.2 Å². The van der Waals surface area contributed by atoms with Gasteiger partial charge in [-0.1, -0.05) is 13.3 Å². The molecule has 0 heterocycles. The van der Waals surface area contributed by atoms with E-state index in [-0.39, 0.29) is 19.7 Å². The molecule has 0 saturated carbocycles. The van der Waals surface area contributed by atoms with Gasteiger partial charge in [0.25, 0.3) is 10.2 Å². The van der Waals surface area contributed by atoms with Crippen LogP contribution in [0, 0.1) is 5.92 Å². The maximum atomic E-state index is 11.4.